The minimum absolute atomic E-state index is 0.0123. The van der Waals surface area contributed by atoms with E-state index in [1.165, 1.54) is 13.3 Å². The Kier molecular flexibility index (Phi) is 1.98. The second-order valence-electron chi connectivity index (χ2n) is 2.66. The first-order chi connectivity index (χ1) is 7.04. The van der Waals surface area contributed by atoms with Crippen molar-refractivity contribution in [2.75, 3.05) is 7.11 Å². The number of alkyl halides is 3. The Morgan fingerprint density at radius 1 is 1.27 bits per heavy atom. The zero-order valence-corrected chi connectivity index (χ0v) is 7.49. The van der Waals surface area contributed by atoms with Gasteiger partial charge in [-0.2, -0.15) is 13.2 Å². The van der Waals surface area contributed by atoms with Crippen LogP contribution in [0, 0.1) is 0 Å². The summed E-state index contributed by atoms with van der Waals surface area (Å²) >= 11 is 0. The predicted molar refractivity (Wildman–Crippen MR) is 42.3 cm³/mol. The summed E-state index contributed by atoms with van der Waals surface area (Å²) in [5.41, 5.74) is -0.0123. The molecule has 8 heteroatoms. The standard InChI is InChI=1S/C7H5F3N4O/c1-15-5-3-11-2-4-12-13-6(14(4)5)7(8,9)10/h2-3H,1H3. The normalized spacial score (nSPS) is 12.0. The number of hydrogen-bond acceptors (Lipinski definition) is 4. The molecule has 80 valence electrons. The zero-order valence-electron chi connectivity index (χ0n) is 7.49. The van der Waals surface area contributed by atoms with Gasteiger partial charge in [-0.1, -0.05) is 0 Å². The number of aromatic nitrogens is 4. The van der Waals surface area contributed by atoms with Crippen molar-refractivity contribution in [3.8, 4) is 5.88 Å². The van der Waals surface area contributed by atoms with Gasteiger partial charge in [-0.3, -0.25) is 4.98 Å². The fraction of sp³-hybridized carbons (Fsp3) is 0.286. The second kappa shape index (κ2) is 3.07. The molecule has 2 aromatic rings. The monoisotopic (exact) mass is 218 g/mol. The highest BCUT2D eigenvalue weighted by Gasteiger charge is 2.37. The Morgan fingerprint density at radius 3 is 2.60 bits per heavy atom. The van der Waals surface area contributed by atoms with Gasteiger partial charge in [0.15, 0.2) is 5.65 Å². The molecule has 0 aliphatic rings. The summed E-state index contributed by atoms with van der Waals surface area (Å²) in [4.78, 5) is 3.66. The van der Waals surface area contributed by atoms with Gasteiger partial charge in [0.05, 0.1) is 19.5 Å². The number of rotatable bonds is 1. The zero-order chi connectivity index (χ0) is 11.1. The number of fused-ring (bicyclic) bond motifs is 1. The third kappa shape index (κ3) is 1.47. The van der Waals surface area contributed by atoms with Crippen molar-refractivity contribution < 1.29 is 17.9 Å². The van der Waals surface area contributed by atoms with E-state index < -0.39 is 12.0 Å². The number of nitrogens with zero attached hydrogens (tertiary/aromatic N) is 4. The maximum absolute atomic E-state index is 12.5. The summed E-state index contributed by atoms with van der Waals surface area (Å²) < 4.78 is 42.9. The van der Waals surface area contributed by atoms with Crippen molar-refractivity contribution in [3.63, 3.8) is 0 Å². The first kappa shape index (κ1) is 9.69. The molecule has 0 atom stereocenters. The lowest BCUT2D eigenvalue weighted by atomic mass is 10.5. The molecule has 2 aromatic heterocycles. The molecule has 0 spiro atoms. The maximum Gasteiger partial charge on any atom is 0.452 e. The van der Waals surface area contributed by atoms with Crippen LogP contribution in [0.4, 0.5) is 13.2 Å². The molecular formula is C7H5F3N4O. The number of methoxy groups -OCH3 is 1. The summed E-state index contributed by atoms with van der Waals surface area (Å²) in [5.74, 6) is -1.19. The summed E-state index contributed by atoms with van der Waals surface area (Å²) in [7, 11) is 1.25. The molecule has 0 aliphatic heterocycles. The van der Waals surface area contributed by atoms with E-state index in [1.54, 1.807) is 0 Å². The van der Waals surface area contributed by atoms with Gasteiger partial charge in [0, 0.05) is 0 Å². The Hall–Kier alpha value is -1.86. The number of halogens is 3. The van der Waals surface area contributed by atoms with E-state index in [0.717, 1.165) is 10.6 Å². The van der Waals surface area contributed by atoms with Gasteiger partial charge in [0.1, 0.15) is 0 Å². The van der Waals surface area contributed by atoms with Crippen LogP contribution in [0.5, 0.6) is 5.88 Å². The Morgan fingerprint density at radius 2 is 2.00 bits per heavy atom. The third-order valence-electron chi connectivity index (χ3n) is 1.75. The molecule has 0 unspecified atom stereocenters. The van der Waals surface area contributed by atoms with Crippen LogP contribution in [0.15, 0.2) is 12.4 Å². The summed E-state index contributed by atoms with van der Waals surface area (Å²) in [6.07, 6.45) is -2.25. The Labute approximate surface area is 81.5 Å². The summed E-state index contributed by atoms with van der Waals surface area (Å²) in [6.45, 7) is 0. The van der Waals surface area contributed by atoms with E-state index in [0.29, 0.717) is 0 Å². The average Bonchev–Trinajstić information content (AvgIpc) is 2.59. The largest absolute Gasteiger partial charge is 0.481 e. The minimum Gasteiger partial charge on any atom is -0.481 e. The molecule has 0 N–H and O–H groups in total. The van der Waals surface area contributed by atoms with E-state index >= 15 is 0 Å². The van der Waals surface area contributed by atoms with E-state index in [1.807, 2.05) is 0 Å². The fourth-order valence-corrected chi connectivity index (χ4v) is 1.15. The maximum atomic E-state index is 12.5. The van der Waals surface area contributed by atoms with Crippen molar-refractivity contribution in [3.05, 3.63) is 18.2 Å². The number of hydrogen-bond donors (Lipinski definition) is 0. The van der Waals surface area contributed by atoms with Crippen LogP contribution in [-0.4, -0.2) is 26.7 Å². The molecular weight excluding hydrogens is 213 g/mol. The molecule has 2 rings (SSSR count). The third-order valence-corrected chi connectivity index (χ3v) is 1.75. The van der Waals surface area contributed by atoms with E-state index in [9.17, 15) is 13.2 Å². The molecule has 15 heavy (non-hydrogen) atoms. The lowest BCUT2D eigenvalue weighted by Gasteiger charge is -2.06. The van der Waals surface area contributed by atoms with E-state index in [2.05, 4.69) is 15.2 Å². The molecule has 0 saturated carbocycles. The van der Waals surface area contributed by atoms with Crippen molar-refractivity contribution in [1.82, 2.24) is 19.6 Å². The van der Waals surface area contributed by atoms with Crippen molar-refractivity contribution in [2.24, 2.45) is 0 Å². The molecule has 0 amide bonds. The average molecular weight is 218 g/mol. The van der Waals surface area contributed by atoms with Crippen LogP contribution >= 0.6 is 0 Å². The van der Waals surface area contributed by atoms with Crippen molar-refractivity contribution >= 4 is 5.65 Å². The highest BCUT2D eigenvalue weighted by atomic mass is 19.4. The summed E-state index contributed by atoms with van der Waals surface area (Å²) in [5, 5.41) is 6.39. The van der Waals surface area contributed by atoms with Crippen molar-refractivity contribution in [1.29, 1.82) is 0 Å². The van der Waals surface area contributed by atoms with Crippen LogP contribution in [0.1, 0.15) is 5.82 Å². The van der Waals surface area contributed by atoms with E-state index in [4.69, 9.17) is 4.74 Å². The molecule has 0 aliphatic carbocycles. The second-order valence-corrected chi connectivity index (χ2v) is 2.66. The molecule has 0 bridgehead atoms. The van der Waals surface area contributed by atoms with Gasteiger partial charge in [-0.15, -0.1) is 10.2 Å². The van der Waals surface area contributed by atoms with Crippen LogP contribution < -0.4 is 4.74 Å². The molecule has 0 fully saturated rings. The van der Waals surface area contributed by atoms with Gasteiger partial charge < -0.3 is 4.74 Å². The van der Waals surface area contributed by atoms with Crippen LogP contribution in [0.3, 0.4) is 0 Å². The lowest BCUT2D eigenvalue weighted by molar-refractivity contribution is -0.145. The van der Waals surface area contributed by atoms with Crippen LogP contribution in [-0.2, 0) is 6.18 Å². The van der Waals surface area contributed by atoms with Gasteiger partial charge in [0.2, 0.25) is 11.7 Å². The Bertz CT molecular complexity index is 492. The highest BCUT2D eigenvalue weighted by molar-refractivity contribution is 5.38. The molecule has 0 saturated heterocycles. The lowest BCUT2D eigenvalue weighted by Crippen LogP contribution is -2.12. The number of ether oxygens (including phenoxy) is 1. The van der Waals surface area contributed by atoms with E-state index in [-0.39, 0.29) is 11.5 Å². The predicted octanol–water partition coefficient (Wildman–Crippen LogP) is 1.15. The highest BCUT2D eigenvalue weighted by Crippen LogP contribution is 2.29. The smallest absolute Gasteiger partial charge is 0.452 e. The topological polar surface area (TPSA) is 52.3 Å². The first-order valence-corrected chi connectivity index (χ1v) is 3.84. The Balaban J connectivity index is 2.77. The molecule has 0 radical (unpaired) electrons. The quantitative estimate of drug-likeness (QED) is 0.720. The minimum atomic E-state index is -4.58. The SMILES string of the molecule is COc1cncc2nnc(C(F)(F)F)n12. The first-order valence-electron chi connectivity index (χ1n) is 3.84. The van der Waals surface area contributed by atoms with Gasteiger partial charge in [-0.05, 0) is 0 Å². The fourth-order valence-electron chi connectivity index (χ4n) is 1.15. The van der Waals surface area contributed by atoms with Gasteiger partial charge in [-0.25, -0.2) is 4.40 Å². The van der Waals surface area contributed by atoms with Crippen LogP contribution in [0.2, 0.25) is 0 Å². The summed E-state index contributed by atoms with van der Waals surface area (Å²) in [6, 6.07) is 0. The molecule has 2 heterocycles. The molecule has 0 aromatic carbocycles. The van der Waals surface area contributed by atoms with Crippen molar-refractivity contribution in [2.45, 2.75) is 6.18 Å². The van der Waals surface area contributed by atoms with Gasteiger partial charge >= 0.3 is 6.18 Å². The van der Waals surface area contributed by atoms with Gasteiger partial charge in [0.25, 0.3) is 0 Å². The van der Waals surface area contributed by atoms with Crippen LogP contribution in [0.25, 0.3) is 5.65 Å². The molecule has 5 nitrogen and oxygen atoms in total.